The maximum atomic E-state index is 5.56. The lowest BCUT2D eigenvalue weighted by molar-refractivity contribution is -0.0423. The summed E-state index contributed by atoms with van der Waals surface area (Å²) in [6, 6.07) is 16.9. The number of nitrogens with zero attached hydrogens (tertiary/aromatic N) is 1. The number of pyridine rings is 1. The lowest BCUT2D eigenvalue weighted by Gasteiger charge is -2.19. The Labute approximate surface area is 127 Å². The van der Waals surface area contributed by atoms with Gasteiger partial charge in [-0.3, -0.25) is 4.98 Å². The van der Waals surface area contributed by atoms with Crippen LogP contribution >= 0.6 is 7.92 Å². The van der Waals surface area contributed by atoms with E-state index < -0.39 is 0 Å². The van der Waals surface area contributed by atoms with Crippen LogP contribution in [0, 0.1) is 0 Å². The molecule has 1 unspecified atom stereocenters. The van der Waals surface area contributed by atoms with Crippen LogP contribution in [0.2, 0.25) is 0 Å². The third-order valence-electron chi connectivity index (χ3n) is 3.53. The van der Waals surface area contributed by atoms with Crippen molar-refractivity contribution in [1.29, 1.82) is 0 Å². The van der Waals surface area contributed by atoms with Crippen molar-refractivity contribution in [3.05, 3.63) is 60.4 Å². The van der Waals surface area contributed by atoms with Crippen molar-refractivity contribution < 1.29 is 9.47 Å². The molecular weight excluding hydrogens is 281 g/mol. The number of benzene rings is 1. The summed E-state index contributed by atoms with van der Waals surface area (Å²) in [4.78, 5) is 4.48. The molecule has 0 N–H and O–H groups in total. The molecule has 4 heteroatoms. The molecule has 0 bridgehead atoms. The minimum Gasteiger partial charge on any atom is -0.350 e. The molecule has 0 aliphatic carbocycles. The van der Waals surface area contributed by atoms with Gasteiger partial charge < -0.3 is 9.47 Å². The zero-order valence-electron chi connectivity index (χ0n) is 12.0. The van der Waals surface area contributed by atoms with E-state index in [2.05, 4.69) is 47.4 Å². The van der Waals surface area contributed by atoms with E-state index in [-0.39, 0.29) is 14.2 Å². The lowest BCUT2D eigenvalue weighted by atomic mass is 10.4. The van der Waals surface area contributed by atoms with E-state index in [4.69, 9.17) is 9.47 Å². The van der Waals surface area contributed by atoms with E-state index in [1.807, 2.05) is 12.3 Å². The molecule has 1 aromatic heterocycles. The summed E-state index contributed by atoms with van der Waals surface area (Å²) in [5.41, 5.74) is 1.17. The first-order valence-corrected chi connectivity index (χ1v) is 9.06. The van der Waals surface area contributed by atoms with E-state index in [0.717, 1.165) is 32.0 Å². The van der Waals surface area contributed by atoms with Crippen LogP contribution in [0.25, 0.3) is 0 Å². The van der Waals surface area contributed by atoms with Crippen molar-refractivity contribution in [1.82, 2.24) is 4.98 Å². The van der Waals surface area contributed by atoms with Gasteiger partial charge in [0.2, 0.25) is 0 Å². The molecule has 110 valence electrons. The second-order valence-electron chi connectivity index (χ2n) is 5.04. The van der Waals surface area contributed by atoms with Gasteiger partial charge in [0.05, 0.1) is 13.2 Å². The molecule has 1 aliphatic rings. The van der Waals surface area contributed by atoms with Crippen molar-refractivity contribution >= 4 is 13.2 Å². The normalized spacial score (nSPS) is 17.0. The Morgan fingerprint density at radius 3 is 2.48 bits per heavy atom. The fourth-order valence-electron chi connectivity index (χ4n) is 2.46. The molecule has 2 heterocycles. The first-order valence-electron chi connectivity index (χ1n) is 7.35. The standard InChI is InChI=1S/C17H20NO2P/c1-2-7-16(8-3-1)21(13-9-17-19-11-12-20-17)14-15-6-4-5-10-18-15/h1-8,10,17H,9,11-14H2. The molecule has 21 heavy (non-hydrogen) atoms. The van der Waals surface area contributed by atoms with E-state index in [0.29, 0.717) is 0 Å². The molecular formula is C17H20NO2P. The maximum Gasteiger partial charge on any atom is 0.158 e. The first kappa shape index (κ1) is 14.6. The van der Waals surface area contributed by atoms with Crippen molar-refractivity contribution in [2.75, 3.05) is 19.4 Å². The number of hydrogen-bond donors (Lipinski definition) is 0. The molecule has 1 aromatic carbocycles. The zero-order chi connectivity index (χ0) is 14.3. The number of rotatable bonds is 6. The Bertz CT molecular complexity index is 529. The highest BCUT2D eigenvalue weighted by Crippen LogP contribution is 2.39. The molecule has 3 rings (SSSR count). The Morgan fingerprint density at radius 1 is 1.00 bits per heavy atom. The van der Waals surface area contributed by atoms with Crippen LogP contribution in [0.4, 0.5) is 0 Å². The Kier molecular flexibility index (Phi) is 5.34. The van der Waals surface area contributed by atoms with E-state index in [9.17, 15) is 0 Å². The lowest BCUT2D eigenvalue weighted by Crippen LogP contribution is -2.13. The molecule has 1 fully saturated rings. The highest BCUT2D eigenvalue weighted by Gasteiger charge is 2.19. The molecule has 1 saturated heterocycles. The molecule has 0 amide bonds. The smallest absolute Gasteiger partial charge is 0.158 e. The summed E-state index contributed by atoms with van der Waals surface area (Å²) in [5, 5.41) is 1.43. The van der Waals surface area contributed by atoms with Crippen molar-refractivity contribution in [2.45, 2.75) is 18.9 Å². The monoisotopic (exact) mass is 301 g/mol. The van der Waals surface area contributed by atoms with Crippen LogP contribution in [0.1, 0.15) is 12.1 Å². The Morgan fingerprint density at radius 2 is 1.76 bits per heavy atom. The summed E-state index contributed by atoms with van der Waals surface area (Å²) in [5.74, 6) is 0. The first-order chi connectivity index (χ1) is 10.4. The van der Waals surface area contributed by atoms with E-state index in [1.165, 1.54) is 11.0 Å². The predicted molar refractivity (Wildman–Crippen MR) is 86.1 cm³/mol. The zero-order valence-corrected chi connectivity index (χ0v) is 12.9. The van der Waals surface area contributed by atoms with Gasteiger partial charge in [0, 0.05) is 24.5 Å². The summed E-state index contributed by atoms with van der Waals surface area (Å²) >= 11 is 0. The molecule has 0 spiro atoms. The Balaban J connectivity index is 1.68. The second kappa shape index (κ2) is 7.65. The minimum absolute atomic E-state index is 0.0116. The second-order valence-corrected chi connectivity index (χ2v) is 7.40. The van der Waals surface area contributed by atoms with Gasteiger partial charge in [-0.05, 0) is 23.6 Å². The van der Waals surface area contributed by atoms with Crippen molar-refractivity contribution in [2.24, 2.45) is 0 Å². The van der Waals surface area contributed by atoms with Gasteiger partial charge >= 0.3 is 0 Å². The Hall–Kier alpha value is -1.28. The van der Waals surface area contributed by atoms with Crippen LogP contribution in [0.15, 0.2) is 54.7 Å². The maximum absolute atomic E-state index is 5.56. The average molecular weight is 301 g/mol. The van der Waals surface area contributed by atoms with E-state index >= 15 is 0 Å². The predicted octanol–water partition coefficient (Wildman–Crippen LogP) is 3.15. The van der Waals surface area contributed by atoms with Gasteiger partial charge in [0.15, 0.2) is 6.29 Å². The molecule has 0 radical (unpaired) electrons. The van der Waals surface area contributed by atoms with Gasteiger partial charge in [-0.1, -0.05) is 44.3 Å². The minimum atomic E-state index is -0.271. The molecule has 2 aromatic rings. The van der Waals surface area contributed by atoms with Crippen LogP contribution in [-0.2, 0) is 15.6 Å². The third kappa shape index (κ3) is 4.34. The van der Waals surface area contributed by atoms with Gasteiger partial charge in [0.25, 0.3) is 0 Å². The summed E-state index contributed by atoms with van der Waals surface area (Å²) in [7, 11) is -0.271. The van der Waals surface area contributed by atoms with E-state index in [1.54, 1.807) is 0 Å². The van der Waals surface area contributed by atoms with Crippen LogP contribution in [0.5, 0.6) is 0 Å². The van der Waals surface area contributed by atoms with Gasteiger partial charge in [-0.2, -0.15) is 0 Å². The van der Waals surface area contributed by atoms with Crippen LogP contribution < -0.4 is 5.30 Å². The molecule has 1 aliphatic heterocycles. The summed E-state index contributed by atoms with van der Waals surface area (Å²) in [6.45, 7) is 1.46. The topological polar surface area (TPSA) is 31.4 Å². The van der Waals surface area contributed by atoms with Gasteiger partial charge in [0.1, 0.15) is 0 Å². The van der Waals surface area contributed by atoms with Crippen molar-refractivity contribution in [3.8, 4) is 0 Å². The number of hydrogen-bond acceptors (Lipinski definition) is 3. The summed E-state index contributed by atoms with van der Waals surface area (Å²) in [6.07, 6.45) is 4.96. The SMILES string of the molecule is c1ccc(P(CCC2OCCO2)Cc2ccccn2)cc1. The molecule has 0 saturated carbocycles. The van der Waals surface area contributed by atoms with Gasteiger partial charge in [-0.25, -0.2) is 0 Å². The van der Waals surface area contributed by atoms with Gasteiger partial charge in [-0.15, -0.1) is 0 Å². The molecule has 1 atom stereocenters. The summed E-state index contributed by atoms with van der Waals surface area (Å²) < 4.78 is 11.1. The fourth-order valence-corrected chi connectivity index (χ4v) is 4.75. The molecule has 3 nitrogen and oxygen atoms in total. The largest absolute Gasteiger partial charge is 0.350 e. The van der Waals surface area contributed by atoms with Crippen LogP contribution in [0.3, 0.4) is 0 Å². The highest BCUT2D eigenvalue weighted by atomic mass is 31.1. The third-order valence-corrected chi connectivity index (χ3v) is 6.06. The number of aromatic nitrogens is 1. The quantitative estimate of drug-likeness (QED) is 0.768. The number of ether oxygens (including phenoxy) is 2. The average Bonchev–Trinajstić information content (AvgIpc) is 3.07. The highest BCUT2D eigenvalue weighted by molar-refractivity contribution is 7.64. The van der Waals surface area contributed by atoms with Crippen molar-refractivity contribution in [3.63, 3.8) is 0 Å². The fraction of sp³-hybridized carbons (Fsp3) is 0.353. The van der Waals surface area contributed by atoms with Crippen LogP contribution in [-0.4, -0.2) is 30.6 Å².